The Morgan fingerprint density at radius 1 is 0.952 bits per heavy atom. The van der Waals surface area contributed by atoms with Crippen molar-refractivity contribution >= 4 is 5.71 Å². The summed E-state index contributed by atoms with van der Waals surface area (Å²) in [5, 5.41) is 4.75. The maximum atomic E-state index is 4.75. The average molecular weight is 290 g/mol. The van der Waals surface area contributed by atoms with E-state index in [9.17, 15) is 0 Å². The van der Waals surface area contributed by atoms with E-state index in [1.807, 2.05) is 0 Å². The van der Waals surface area contributed by atoms with Crippen molar-refractivity contribution in [2.75, 3.05) is 0 Å². The molecule has 1 saturated carbocycles. The first-order valence-electron chi connectivity index (χ1n) is 8.98. The van der Waals surface area contributed by atoms with Gasteiger partial charge in [0.25, 0.3) is 0 Å². The second kappa shape index (κ2) is 6.98. The predicted molar refractivity (Wildman–Crippen MR) is 92.2 cm³/mol. The number of fused-ring (bicyclic) bond motifs is 1. The van der Waals surface area contributed by atoms with Gasteiger partial charge in [-0.1, -0.05) is 54.4 Å². The standard InChI is InChI=1S/C19H34N2/c1-12(2)15-8-7-9-16-17(11-10-15)19(14(5)6)21-20-18(16)13(3)4/h12-16,21H,7-11H2,1-6H3. The molecule has 2 nitrogen and oxygen atoms in total. The Hall–Kier alpha value is -0.790. The van der Waals surface area contributed by atoms with Crippen LogP contribution in [0.2, 0.25) is 0 Å². The van der Waals surface area contributed by atoms with E-state index in [2.05, 4.69) is 47.0 Å². The van der Waals surface area contributed by atoms with Crippen LogP contribution in [0.1, 0.15) is 73.6 Å². The van der Waals surface area contributed by atoms with Gasteiger partial charge in [-0.15, -0.1) is 0 Å². The number of rotatable bonds is 3. The van der Waals surface area contributed by atoms with Gasteiger partial charge in [-0.25, -0.2) is 0 Å². The molecule has 1 fully saturated rings. The van der Waals surface area contributed by atoms with Crippen LogP contribution in [-0.4, -0.2) is 5.71 Å². The van der Waals surface area contributed by atoms with Crippen molar-refractivity contribution in [3.05, 3.63) is 11.3 Å². The molecule has 1 N–H and O–H groups in total. The highest BCUT2D eigenvalue weighted by Crippen LogP contribution is 2.39. The van der Waals surface area contributed by atoms with Gasteiger partial charge in [-0.05, 0) is 48.5 Å². The molecule has 0 amide bonds. The summed E-state index contributed by atoms with van der Waals surface area (Å²) in [6, 6.07) is 0. The van der Waals surface area contributed by atoms with E-state index in [-0.39, 0.29) is 0 Å². The zero-order valence-electron chi connectivity index (χ0n) is 14.9. The molecule has 2 atom stereocenters. The molecule has 2 rings (SSSR count). The molecule has 0 spiro atoms. The molecule has 120 valence electrons. The molecular formula is C19H34N2. The van der Waals surface area contributed by atoms with Crippen LogP contribution in [0.25, 0.3) is 0 Å². The summed E-state index contributed by atoms with van der Waals surface area (Å²) in [5.74, 6) is 3.42. The third-order valence-corrected chi connectivity index (χ3v) is 5.39. The summed E-state index contributed by atoms with van der Waals surface area (Å²) >= 11 is 0. The van der Waals surface area contributed by atoms with Crippen molar-refractivity contribution in [3.8, 4) is 0 Å². The van der Waals surface area contributed by atoms with E-state index in [0.29, 0.717) is 17.8 Å². The summed E-state index contributed by atoms with van der Waals surface area (Å²) in [6.07, 6.45) is 6.67. The third kappa shape index (κ3) is 3.70. The molecule has 2 heteroatoms. The summed E-state index contributed by atoms with van der Waals surface area (Å²) < 4.78 is 0. The zero-order valence-corrected chi connectivity index (χ0v) is 14.9. The van der Waals surface area contributed by atoms with E-state index >= 15 is 0 Å². The quantitative estimate of drug-likeness (QED) is 0.743. The first-order valence-corrected chi connectivity index (χ1v) is 8.98. The summed E-state index contributed by atoms with van der Waals surface area (Å²) in [6.45, 7) is 13.9. The summed E-state index contributed by atoms with van der Waals surface area (Å²) in [4.78, 5) is 0. The molecule has 0 radical (unpaired) electrons. The second-order valence-electron chi connectivity index (χ2n) is 7.92. The minimum atomic E-state index is 0.548. The minimum absolute atomic E-state index is 0.548. The van der Waals surface area contributed by atoms with Crippen LogP contribution in [0.5, 0.6) is 0 Å². The van der Waals surface area contributed by atoms with Crippen molar-refractivity contribution in [3.63, 3.8) is 0 Å². The van der Waals surface area contributed by atoms with Crippen LogP contribution < -0.4 is 5.43 Å². The average Bonchev–Trinajstić information content (AvgIpc) is 2.37. The normalized spacial score (nSPS) is 27.4. The topological polar surface area (TPSA) is 24.4 Å². The molecular weight excluding hydrogens is 256 g/mol. The zero-order chi connectivity index (χ0) is 15.6. The highest BCUT2D eigenvalue weighted by molar-refractivity contribution is 5.91. The van der Waals surface area contributed by atoms with Gasteiger partial charge in [-0.2, -0.15) is 5.10 Å². The van der Waals surface area contributed by atoms with Crippen LogP contribution in [0, 0.1) is 29.6 Å². The van der Waals surface area contributed by atoms with E-state index in [1.54, 1.807) is 5.57 Å². The lowest BCUT2D eigenvalue weighted by Crippen LogP contribution is -2.34. The summed E-state index contributed by atoms with van der Waals surface area (Å²) in [5.41, 5.74) is 7.88. The highest BCUT2D eigenvalue weighted by atomic mass is 15.3. The molecule has 21 heavy (non-hydrogen) atoms. The van der Waals surface area contributed by atoms with Crippen LogP contribution in [0.15, 0.2) is 16.4 Å². The van der Waals surface area contributed by atoms with Crippen molar-refractivity contribution in [1.82, 2.24) is 5.43 Å². The fraction of sp³-hybridized carbons (Fsp3) is 0.842. The smallest absolute Gasteiger partial charge is 0.0479 e. The van der Waals surface area contributed by atoms with Crippen molar-refractivity contribution in [1.29, 1.82) is 0 Å². The number of hydrogen-bond donors (Lipinski definition) is 1. The monoisotopic (exact) mass is 290 g/mol. The number of nitrogens with one attached hydrogen (secondary N) is 1. The molecule has 0 aromatic heterocycles. The summed E-state index contributed by atoms with van der Waals surface area (Å²) in [7, 11) is 0. The Balaban J connectivity index is 2.27. The van der Waals surface area contributed by atoms with Crippen molar-refractivity contribution < 1.29 is 0 Å². The Morgan fingerprint density at radius 2 is 1.67 bits per heavy atom. The third-order valence-electron chi connectivity index (χ3n) is 5.39. The van der Waals surface area contributed by atoms with E-state index < -0.39 is 0 Å². The van der Waals surface area contributed by atoms with Crippen molar-refractivity contribution in [2.45, 2.75) is 73.6 Å². The van der Waals surface area contributed by atoms with Gasteiger partial charge in [0.05, 0.1) is 0 Å². The molecule has 2 unspecified atom stereocenters. The lowest BCUT2D eigenvalue weighted by atomic mass is 9.73. The largest absolute Gasteiger partial charge is 0.282 e. The SMILES string of the molecule is CC(C)C1=NNC(C(C)C)=C2CCC(C(C)C)CCCC12. The number of allylic oxidation sites excluding steroid dienone is 2. The molecule has 0 aromatic rings. The number of hydrazone groups is 1. The Kier molecular flexibility index (Phi) is 5.51. The van der Waals surface area contributed by atoms with Gasteiger partial charge in [0, 0.05) is 17.3 Å². The van der Waals surface area contributed by atoms with Gasteiger partial charge in [0.15, 0.2) is 0 Å². The Morgan fingerprint density at radius 3 is 2.24 bits per heavy atom. The molecule has 2 aliphatic rings. The lowest BCUT2D eigenvalue weighted by molar-refractivity contribution is 0.304. The van der Waals surface area contributed by atoms with Crippen LogP contribution in [0.4, 0.5) is 0 Å². The van der Waals surface area contributed by atoms with Crippen LogP contribution >= 0.6 is 0 Å². The molecule has 0 saturated heterocycles. The van der Waals surface area contributed by atoms with E-state index in [1.165, 1.54) is 43.5 Å². The molecule has 0 aromatic carbocycles. The van der Waals surface area contributed by atoms with Crippen LogP contribution in [0.3, 0.4) is 0 Å². The number of nitrogens with zero attached hydrogens (tertiary/aromatic N) is 1. The Labute approximate surface area is 131 Å². The van der Waals surface area contributed by atoms with E-state index in [0.717, 1.165) is 11.8 Å². The predicted octanol–water partition coefficient (Wildman–Crippen LogP) is 5.36. The van der Waals surface area contributed by atoms with Gasteiger partial charge < -0.3 is 0 Å². The minimum Gasteiger partial charge on any atom is -0.282 e. The maximum Gasteiger partial charge on any atom is 0.0479 e. The molecule has 1 aliphatic carbocycles. The van der Waals surface area contributed by atoms with Gasteiger partial charge >= 0.3 is 0 Å². The second-order valence-corrected chi connectivity index (χ2v) is 7.92. The molecule has 1 aliphatic heterocycles. The maximum absolute atomic E-state index is 4.75. The molecule has 0 bridgehead atoms. The van der Waals surface area contributed by atoms with Gasteiger partial charge in [0.2, 0.25) is 0 Å². The first-order chi connectivity index (χ1) is 9.91. The van der Waals surface area contributed by atoms with Gasteiger partial charge in [-0.3, -0.25) is 5.43 Å². The van der Waals surface area contributed by atoms with Crippen molar-refractivity contribution in [2.24, 2.45) is 34.7 Å². The van der Waals surface area contributed by atoms with Gasteiger partial charge in [0.1, 0.15) is 0 Å². The Bertz CT molecular complexity index is 415. The fourth-order valence-corrected chi connectivity index (χ4v) is 4.04. The fourth-order valence-electron chi connectivity index (χ4n) is 4.04. The highest BCUT2D eigenvalue weighted by Gasteiger charge is 2.32. The first kappa shape index (κ1) is 16.6. The number of hydrogen-bond acceptors (Lipinski definition) is 2. The van der Waals surface area contributed by atoms with Crippen LogP contribution in [-0.2, 0) is 0 Å². The molecule has 1 heterocycles. The van der Waals surface area contributed by atoms with E-state index in [4.69, 9.17) is 5.10 Å². The lowest BCUT2D eigenvalue weighted by Gasteiger charge is -2.36.